The summed E-state index contributed by atoms with van der Waals surface area (Å²) in [6.07, 6.45) is 0. The number of nitrogens with zero attached hydrogens (tertiary/aromatic N) is 3. The molecule has 0 saturated carbocycles. The van der Waals surface area contributed by atoms with E-state index in [2.05, 4.69) is 5.32 Å². The second-order valence-corrected chi connectivity index (χ2v) is 8.08. The van der Waals surface area contributed by atoms with Crippen LogP contribution >= 0.6 is 0 Å². The van der Waals surface area contributed by atoms with E-state index in [1.54, 1.807) is 12.1 Å². The lowest BCUT2D eigenvalue weighted by molar-refractivity contribution is 0.102. The number of aromatic nitrogens is 3. The minimum absolute atomic E-state index is 0.243. The standard InChI is InChI=1S/C27H25N5O4/c1-34-20-13-17(14-21(35-2)24(20)36-3)29-27(33)22-23-26(31-19-12-8-7-11-18(19)30-23)32(25(22)28)15-16-9-5-4-6-10-16/h4-14H,15,28H2,1-3H3,(H,29,33). The van der Waals surface area contributed by atoms with Crippen molar-refractivity contribution >= 4 is 39.6 Å². The Labute approximate surface area is 207 Å². The summed E-state index contributed by atoms with van der Waals surface area (Å²) < 4.78 is 18.0. The molecule has 1 amide bonds. The lowest BCUT2D eigenvalue weighted by Crippen LogP contribution is -2.15. The number of nitrogen functional groups attached to an aromatic ring is 1. The van der Waals surface area contributed by atoms with E-state index in [1.165, 1.54) is 21.3 Å². The van der Waals surface area contributed by atoms with Gasteiger partial charge in [0.05, 0.1) is 38.9 Å². The normalized spacial score (nSPS) is 11.0. The zero-order chi connectivity index (χ0) is 25.2. The fourth-order valence-corrected chi connectivity index (χ4v) is 4.21. The van der Waals surface area contributed by atoms with Crippen molar-refractivity contribution in [3.05, 3.63) is 77.9 Å². The first-order valence-corrected chi connectivity index (χ1v) is 11.2. The van der Waals surface area contributed by atoms with Gasteiger partial charge in [0.2, 0.25) is 5.75 Å². The number of hydrogen-bond donors (Lipinski definition) is 2. The molecule has 0 spiro atoms. The van der Waals surface area contributed by atoms with Crippen LogP contribution in [-0.4, -0.2) is 41.8 Å². The number of anilines is 2. The van der Waals surface area contributed by atoms with Crippen molar-refractivity contribution in [1.29, 1.82) is 0 Å². The van der Waals surface area contributed by atoms with Crippen LogP contribution in [-0.2, 0) is 6.54 Å². The Bertz CT molecular complexity index is 1560. The van der Waals surface area contributed by atoms with Gasteiger partial charge in [-0.1, -0.05) is 42.5 Å². The van der Waals surface area contributed by atoms with Gasteiger partial charge < -0.3 is 29.8 Å². The summed E-state index contributed by atoms with van der Waals surface area (Å²) in [6, 6.07) is 20.7. The molecule has 9 nitrogen and oxygen atoms in total. The predicted molar refractivity (Wildman–Crippen MR) is 139 cm³/mol. The highest BCUT2D eigenvalue weighted by molar-refractivity contribution is 6.16. The van der Waals surface area contributed by atoms with Crippen molar-refractivity contribution in [2.45, 2.75) is 6.54 Å². The molecule has 0 aliphatic heterocycles. The Morgan fingerprint density at radius 1 is 0.889 bits per heavy atom. The Kier molecular flexibility index (Phi) is 6.03. The summed E-state index contributed by atoms with van der Waals surface area (Å²) in [5.74, 6) is 1.10. The van der Waals surface area contributed by atoms with E-state index in [-0.39, 0.29) is 11.4 Å². The minimum Gasteiger partial charge on any atom is -0.493 e. The van der Waals surface area contributed by atoms with Crippen LogP contribution < -0.4 is 25.3 Å². The van der Waals surface area contributed by atoms with Crippen LogP contribution in [0.4, 0.5) is 11.5 Å². The van der Waals surface area contributed by atoms with Crippen molar-refractivity contribution in [2.24, 2.45) is 0 Å². The number of carbonyl (C=O) groups excluding carboxylic acids is 1. The van der Waals surface area contributed by atoms with Gasteiger partial charge in [-0.2, -0.15) is 0 Å². The number of methoxy groups -OCH3 is 3. The van der Waals surface area contributed by atoms with Gasteiger partial charge in [-0.05, 0) is 17.7 Å². The van der Waals surface area contributed by atoms with E-state index in [9.17, 15) is 4.79 Å². The number of carbonyl (C=O) groups is 1. The number of nitrogens with one attached hydrogen (secondary N) is 1. The molecule has 182 valence electrons. The van der Waals surface area contributed by atoms with Crippen molar-refractivity contribution in [2.75, 3.05) is 32.4 Å². The van der Waals surface area contributed by atoms with E-state index >= 15 is 0 Å². The van der Waals surface area contributed by atoms with Gasteiger partial charge in [0, 0.05) is 17.8 Å². The smallest absolute Gasteiger partial charge is 0.261 e. The number of benzene rings is 3. The van der Waals surface area contributed by atoms with Gasteiger partial charge in [-0.15, -0.1) is 0 Å². The molecule has 0 fully saturated rings. The summed E-state index contributed by atoms with van der Waals surface area (Å²) >= 11 is 0. The number of nitrogens with two attached hydrogens (primary N) is 1. The lowest BCUT2D eigenvalue weighted by atomic mass is 10.2. The average molecular weight is 484 g/mol. The molecule has 0 aliphatic carbocycles. The molecule has 0 saturated heterocycles. The number of fused-ring (bicyclic) bond motifs is 2. The molecule has 0 radical (unpaired) electrons. The van der Waals surface area contributed by atoms with E-state index in [1.807, 2.05) is 59.2 Å². The molecule has 2 heterocycles. The second-order valence-electron chi connectivity index (χ2n) is 8.08. The number of para-hydroxylation sites is 2. The first-order valence-electron chi connectivity index (χ1n) is 11.2. The fourth-order valence-electron chi connectivity index (χ4n) is 4.21. The fraction of sp³-hybridized carbons (Fsp3) is 0.148. The van der Waals surface area contributed by atoms with Crippen LogP contribution in [0.1, 0.15) is 15.9 Å². The zero-order valence-electron chi connectivity index (χ0n) is 20.1. The maximum atomic E-state index is 13.6. The van der Waals surface area contributed by atoms with Crippen LogP contribution in [0.3, 0.4) is 0 Å². The number of rotatable bonds is 7. The van der Waals surface area contributed by atoms with E-state index < -0.39 is 5.91 Å². The van der Waals surface area contributed by atoms with Gasteiger partial charge in [0.25, 0.3) is 5.91 Å². The molecule has 2 aromatic heterocycles. The first-order chi connectivity index (χ1) is 17.5. The predicted octanol–water partition coefficient (Wildman–Crippen LogP) is 4.49. The number of amides is 1. The minimum atomic E-state index is -0.428. The van der Waals surface area contributed by atoms with Crippen molar-refractivity contribution in [1.82, 2.24) is 14.5 Å². The molecule has 5 aromatic rings. The SMILES string of the molecule is COc1cc(NC(=O)c2c(N)n(Cc3ccccc3)c3nc4ccccc4nc23)cc(OC)c1OC. The van der Waals surface area contributed by atoms with E-state index in [4.69, 9.17) is 29.9 Å². The van der Waals surface area contributed by atoms with Gasteiger partial charge in [-0.3, -0.25) is 4.79 Å². The summed E-state index contributed by atoms with van der Waals surface area (Å²) in [7, 11) is 4.54. The highest BCUT2D eigenvalue weighted by Crippen LogP contribution is 2.40. The molecule has 9 heteroatoms. The molecule has 36 heavy (non-hydrogen) atoms. The summed E-state index contributed by atoms with van der Waals surface area (Å²) in [6.45, 7) is 0.438. The largest absolute Gasteiger partial charge is 0.493 e. The monoisotopic (exact) mass is 483 g/mol. The molecule has 3 aromatic carbocycles. The van der Waals surface area contributed by atoms with Crippen LogP contribution in [0.25, 0.3) is 22.2 Å². The molecule has 0 unspecified atom stereocenters. The third-order valence-electron chi connectivity index (χ3n) is 5.92. The Balaban J connectivity index is 1.64. The number of ether oxygens (including phenoxy) is 3. The molecule has 0 atom stereocenters. The zero-order valence-corrected chi connectivity index (χ0v) is 20.1. The highest BCUT2D eigenvalue weighted by atomic mass is 16.5. The van der Waals surface area contributed by atoms with Crippen LogP contribution in [0.2, 0.25) is 0 Å². The molecule has 0 aliphatic rings. The van der Waals surface area contributed by atoms with Gasteiger partial charge in [0.15, 0.2) is 17.1 Å². The van der Waals surface area contributed by atoms with Crippen molar-refractivity contribution in [3.63, 3.8) is 0 Å². The van der Waals surface area contributed by atoms with E-state index in [0.717, 1.165) is 5.56 Å². The third kappa shape index (κ3) is 4.00. The lowest BCUT2D eigenvalue weighted by Gasteiger charge is -2.14. The molecular formula is C27H25N5O4. The molecule has 3 N–H and O–H groups in total. The van der Waals surface area contributed by atoms with Gasteiger partial charge in [0.1, 0.15) is 16.9 Å². The average Bonchev–Trinajstić information content (AvgIpc) is 3.17. The molecular weight excluding hydrogens is 458 g/mol. The van der Waals surface area contributed by atoms with E-state index in [0.29, 0.717) is 51.7 Å². The Hall–Kier alpha value is -4.79. The van der Waals surface area contributed by atoms with Gasteiger partial charge in [-0.25, -0.2) is 9.97 Å². The number of hydrogen-bond acceptors (Lipinski definition) is 7. The van der Waals surface area contributed by atoms with Crippen molar-refractivity contribution in [3.8, 4) is 17.2 Å². The first kappa shape index (κ1) is 23.0. The molecule has 0 bridgehead atoms. The van der Waals surface area contributed by atoms with Gasteiger partial charge >= 0.3 is 0 Å². The second kappa shape index (κ2) is 9.46. The third-order valence-corrected chi connectivity index (χ3v) is 5.92. The summed E-state index contributed by atoms with van der Waals surface area (Å²) in [4.78, 5) is 23.2. The Morgan fingerprint density at radius 2 is 1.50 bits per heavy atom. The maximum absolute atomic E-state index is 13.6. The highest BCUT2D eigenvalue weighted by Gasteiger charge is 2.25. The molecule has 5 rings (SSSR count). The van der Waals surface area contributed by atoms with Crippen LogP contribution in [0, 0.1) is 0 Å². The maximum Gasteiger partial charge on any atom is 0.261 e. The van der Waals surface area contributed by atoms with Crippen LogP contribution in [0.15, 0.2) is 66.7 Å². The topological polar surface area (TPSA) is 114 Å². The summed E-state index contributed by atoms with van der Waals surface area (Å²) in [5.41, 5.74) is 10.6. The quantitative estimate of drug-likeness (QED) is 0.351. The summed E-state index contributed by atoms with van der Waals surface area (Å²) in [5, 5.41) is 2.90. The Morgan fingerprint density at radius 3 is 2.11 bits per heavy atom. The van der Waals surface area contributed by atoms with Crippen molar-refractivity contribution < 1.29 is 19.0 Å². The van der Waals surface area contributed by atoms with Crippen LogP contribution in [0.5, 0.6) is 17.2 Å².